The van der Waals surface area contributed by atoms with Gasteiger partial charge in [0.2, 0.25) is 0 Å². The average Bonchev–Trinajstić information content (AvgIpc) is 2.21. The fourth-order valence-corrected chi connectivity index (χ4v) is 2.78. The molecule has 0 aliphatic rings. The molecule has 0 heterocycles. The van der Waals surface area contributed by atoms with Crippen LogP contribution in [0, 0.1) is 11.6 Å². The third kappa shape index (κ3) is 3.72. The maximum atomic E-state index is 12.9. The van der Waals surface area contributed by atoms with Gasteiger partial charge in [0.05, 0.1) is 10.6 Å². The third-order valence-corrected chi connectivity index (χ3v) is 4.02. The molecule has 0 spiro atoms. The second-order valence-electron chi connectivity index (χ2n) is 3.63. The van der Waals surface area contributed by atoms with E-state index in [2.05, 4.69) is 0 Å². The Morgan fingerprint density at radius 1 is 1.29 bits per heavy atom. The number of halogens is 2. The molecule has 7 heteroatoms. The van der Waals surface area contributed by atoms with Crippen molar-refractivity contribution in [2.24, 2.45) is 5.73 Å². The number of nitrogens with two attached hydrogens (primary N) is 1. The molecule has 4 nitrogen and oxygen atoms in total. The summed E-state index contributed by atoms with van der Waals surface area (Å²) in [7, 11) is -3.76. The molecular formula is C10H13F2NO3S. The van der Waals surface area contributed by atoms with Crippen LogP contribution in [0.4, 0.5) is 8.78 Å². The van der Waals surface area contributed by atoms with Gasteiger partial charge in [0.15, 0.2) is 21.5 Å². The highest BCUT2D eigenvalue weighted by Crippen LogP contribution is 2.16. The number of sulfone groups is 1. The van der Waals surface area contributed by atoms with Crippen molar-refractivity contribution in [3.05, 3.63) is 29.8 Å². The summed E-state index contributed by atoms with van der Waals surface area (Å²) in [6.07, 6.45) is 0.128. The minimum atomic E-state index is -3.76. The van der Waals surface area contributed by atoms with E-state index in [0.717, 1.165) is 12.1 Å². The first-order valence-electron chi connectivity index (χ1n) is 4.91. The van der Waals surface area contributed by atoms with Gasteiger partial charge in [0.25, 0.3) is 0 Å². The summed E-state index contributed by atoms with van der Waals surface area (Å²) in [5.74, 6) is -2.75. The van der Waals surface area contributed by atoms with Crippen LogP contribution < -0.4 is 5.73 Å². The average molecular weight is 265 g/mol. The molecule has 0 aromatic heterocycles. The molecule has 0 amide bonds. The van der Waals surface area contributed by atoms with Crippen molar-refractivity contribution in [3.8, 4) is 0 Å². The fraction of sp³-hybridized carbons (Fsp3) is 0.400. The number of rotatable bonds is 5. The molecule has 0 aliphatic carbocycles. The molecule has 17 heavy (non-hydrogen) atoms. The van der Waals surface area contributed by atoms with Crippen molar-refractivity contribution in [2.75, 3.05) is 12.4 Å². The summed E-state index contributed by atoms with van der Waals surface area (Å²) < 4.78 is 49.0. The molecule has 0 saturated heterocycles. The predicted octanol–water partition coefficient (Wildman–Crippen LogP) is 0.448. The Bertz CT molecular complexity index is 490. The molecule has 1 rings (SSSR count). The van der Waals surface area contributed by atoms with Crippen molar-refractivity contribution in [1.82, 2.24) is 0 Å². The summed E-state index contributed by atoms with van der Waals surface area (Å²) in [6, 6.07) is 1.62. The topological polar surface area (TPSA) is 80.4 Å². The van der Waals surface area contributed by atoms with E-state index in [9.17, 15) is 17.2 Å². The molecule has 1 aromatic carbocycles. The van der Waals surface area contributed by atoms with Crippen LogP contribution >= 0.6 is 0 Å². The maximum absolute atomic E-state index is 12.9. The van der Waals surface area contributed by atoms with E-state index in [1.54, 1.807) is 0 Å². The Kier molecular flexibility index (Phi) is 4.55. The van der Waals surface area contributed by atoms with Gasteiger partial charge in [-0.15, -0.1) is 0 Å². The van der Waals surface area contributed by atoms with Crippen LogP contribution in [0.1, 0.15) is 6.42 Å². The molecule has 0 bridgehead atoms. The monoisotopic (exact) mass is 265 g/mol. The highest BCUT2D eigenvalue weighted by molar-refractivity contribution is 7.91. The Morgan fingerprint density at radius 3 is 2.47 bits per heavy atom. The predicted molar refractivity (Wildman–Crippen MR) is 58.1 cm³/mol. The van der Waals surface area contributed by atoms with Gasteiger partial charge in [0.1, 0.15) is 0 Å². The molecule has 0 saturated carbocycles. The lowest BCUT2D eigenvalue weighted by atomic mass is 10.3. The van der Waals surface area contributed by atoms with E-state index in [4.69, 9.17) is 10.8 Å². The Labute approximate surface area is 98.0 Å². The summed E-state index contributed by atoms with van der Waals surface area (Å²) in [6.45, 7) is -0.228. The number of hydrogen-bond acceptors (Lipinski definition) is 4. The minimum Gasteiger partial charge on any atom is -0.396 e. The van der Waals surface area contributed by atoms with Gasteiger partial charge in [-0.25, -0.2) is 17.2 Å². The van der Waals surface area contributed by atoms with Crippen LogP contribution in [-0.4, -0.2) is 31.9 Å². The van der Waals surface area contributed by atoms with E-state index < -0.39 is 33.3 Å². The lowest BCUT2D eigenvalue weighted by Crippen LogP contribution is -2.30. The van der Waals surface area contributed by atoms with E-state index in [1.807, 2.05) is 0 Å². The maximum Gasteiger partial charge on any atom is 0.180 e. The fourth-order valence-electron chi connectivity index (χ4n) is 1.30. The minimum absolute atomic E-state index is 0.128. The van der Waals surface area contributed by atoms with E-state index in [-0.39, 0.29) is 17.9 Å². The summed E-state index contributed by atoms with van der Waals surface area (Å²) in [5.41, 5.74) is 5.47. The third-order valence-electron chi connectivity index (χ3n) is 2.18. The van der Waals surface area contributed by atoms with Gasteiger partial charge in [0, 0.05) is 12.6 Å². The normalized spacial score (nSPS) is 13.6. The van der Waals surface area contributed by atoms with Gasteiger partial charge in [-0.1, -0.05) is 0 Å². The zero-order valence-electron chi connectivity index (χ0n) is 8.94. The molecule has 0 radical (unpaired) electrons. The van der Waals surface area contributed by atoms with Gasteiger partial charge in [-0.3, -0.25) is 0 Å². The van der Waals surface area contributed by atoms with Crippen molar-refractivity contribution in [2.45, 2.75) is 17.4 Å². The number of aliphatic hydroxyl groups excluding tert-OH is 1. The SMILES string of the molecule is NC(CCO)CS(=O)(=O)c1ccc(F)c(F)c1. The van der Waals surface area contributed by atoms with Crippen LogP contribution in [0.25, 0.3) is 0 Å². The van der Waals surface area contributed by atoms with Crippen LogP contribution in [-0.2, 0) is 9.84 Å². The van der Waals surface area contributed by atoms with Crippen LogP contribution in [0.2, 0.25) is 0 Å². The van der Waals surface area contributed by atoms with E-state index in [1.165, 1.54) is 0 Å². The standard InChI is InChI=1S/C10H13F2NO3S/c11-9-2-1-8(5-10(9)12)17(15,16)6-7(13)3-4-14/h1-2,5,7,14H,3-4,6,13H2. The van der Waals surface area contributed by atoms with Crippen LogP contribution in [0.15, 0.2) is 23.1 Å². The molecule has 1 atom stereocenters. The zero-order valence-corrected chi connectivity index (χ0v) is 9.75. The zero-order chi connectivity index (χ0) is 13.1. The van der Waals surface area contributed by atoms with Gasteiger partial charge in [-0.2, -0.15) is 0 Å². The summed E-state index contributed by atoms with van der Waals surface area (Å²) >= 11 is 0. The second kappa shape index (κ2) is 5.52. The quantitative estimate of drug-likeness (QED) is 0.757. The Hall–Kier alpha value is -1.05. The van der Waals surface area contributed by atoms with Crippen molar-refractivity contribution in [1.29, 1.82) is 0 Å². The summed E-state index contributed by atoms with van der Waals surface area (Å²) in [4.78, 5) is -0.315. The van der Waals surface area contributed by atoms with Crippen molar-refractivity contribution < 1.29 is 22.3 Å². The van der Waals surface area contributed by atoms with Gasteiger partial charge >= 0.3 is 0 Å². The molecule has 3 N–H and O–H groups in total. The number of aliphatic hydroxyl groups is 1. The molecule has 1 aromatic rings. The molecule has 0 fully saturated rings. The molecule has 0 aliphatic heterocycles. The van der Waals surface area contributed by atoms with Gasteiger partial charge in [-0.05, 0) is 24.6 Å². The number of hydrogen-bond donors (Lipinski definition) is 2. The first kappa shape index (κ1) is 14.0. The first-order valence-corrected chi connectivity index (χ1v) is 6.56. The van der Waals surface area contributed by atoms with Crippen molar-refractivity contribution >= 4 is 9.84 Å². The lowest BCUT2D eigenvalue weighted by Gasteiger charge is -2.10. The van der Waals surface area contributed by atoms with Crippen LogP contribution in [0.5, 0.6) is 0 Å². The first-order chi connectivity index (χ1) is 7.86. The lowest BCUT2D eigenvalue weighted by molar-refractivity contribution is 0.279. The summed E-state index contributed by atoms with van der Waals surface area (Å²) in [5, 5.41) is 8.60. The highest BCUT2D eigenvalue weighted by atomic mass is 32.2. The highest BCUT2D eigenvalue weighted by Gasteiger charge is 2.20. The van der Waals surface area contributed by atoms with E-state index >= 15 is 0 Å². The molecular weight excluding hydrogens is 252 g/mol. The number of benzene rings is 1. The van der Waals surface area contributed by atoms with E-state index in [0.29, 0.717) is 6.07 Å². The Morgan fingerprint density at radius 2 is 1.94 bits per heavy atom. The van der Waals surface area contributed by atoms with Crippen molar-refractivity contribution in [3.63, 3.8) is 0 Å². The largest absolute Gasteiger partial charge is 0.396 e. The molecule has 96 valence electrons. The second-order valence-corrected chi connectivity index (χ2v) is 5.66. The smallest absolute Gasteiger partial charge is 0.180 e. The van der Waals surface area contributed by atoms with Crippen LogP contribution in [0.3, 0.4) is 0 Å². The van der Waals surface area contributed by atoms with Gasteiger partial charge < -0.3 is 10.8 Å². The molecule has 1 unspecified atom stereocenters. The Balaban J connectivity index is 2.93.